The second-order valence-electron chi connectivity index (χ2n) is 10.0. The van der Waals surface area contributed by atoms with Crippen molar-refractivity contribution in [2.45, 2.75) is 57.3 Å². The molecule has 1 aliphatic carbocycles. The molecule has 0 spiro atoms. The van der Waals surface area contributed by atoms with Gasteiger partial charge < -0.3 is 9.84 Å². The third kappa shape index (κ3) is 5.66. The predicted molar refractivity (Wildman–Crippen MR) is 134 cm³/mol. The van der Waals surface area contributed by atoms with Crippen LogP contribution in [0.25, 0.3) is 33.6 Å². The standard InChI is InChI=1S/C27H32N6O2/c1-27(2,34)18-35-25-9-7-24(8-10-25)33-17-23(15-31-33)21-12-28-26(29-13-21)20-6-4-5-19(11-20)22-14-30-32(3)16-22/h4-6,11-17,24-25,34H,7-10,18H2,1-3H3/t24-,25-. The molecular formula is C27H32N6O2. The number of hydrogen-bond acceptors (Lipinski definition) is 6. The van der Waals surface area contributed by atoms with Crippen LogP contribution in [0.5, 0.6) is 0 Å². The first-order chi connectivity index (χ1) is 16.8. The van der Waals surface area contributed by atoms with Gasteiger partial charge in [0.1, 0.15) is 0 Å². The van der Waals surface area contributed by atoms with E-state index in [2.05, 4.69) is 43.2 Å². The van der Waals surface area contributed by atoms with Crippen molar-refractivity contribution in [3.8, 4) is 33.6 Å². The predicted octanol–water partition coefficient (Wildman–Crippen LogP) is 4.68. The molecule has 8 nitrogen and oxygen atoms in total. The van der Waals surface area contributed by atoms with Gasteiger partial charge in [-0.1, -0.05) is 18.2 Å². The smallest absolute Gasteiger partial charge is 0.159 e. The highest BCUT2D eigenvalue weighted by Crippen LogP contribution is 2.31. The molecule has 1 aromatic carbocycles. The Hall–Kier alpha value is -3.36. The fourth-order valence-electron chi connectivity index (χ4n) is 4.52. The van der Waals surface area contributed by atoms with Gasteiger partial charge in [0.2, 0.25) is 0 Å². The number of rotatable bonds is 7. The van der Waals surface area contributed by atoms with Crippen LogP contribution in [0.15, 0.2) is 61.4 Å². The summed E-state index contributed by atoms with van der Waals surface area (Å²) in [7, 11) is 1.91. The average Bonchev–Trinajstić information content (AvgIpc) is 3.53. The maximum absolute atomic E-state index is 9.88. The topological polar surface area (TPSA) is 90.9 Å². The Bertz CT molecular complexity index is 1260. The van der Waals surface area contributed by atoms with Crippen LogP contribution in [0, 0.1) is 0 Å². The summed E-state index contributed by atoms with van der Waals surface area (Å²) in [4.78, 5) is 9.26. The van der Waals surface area contributed by atoms with E-state index in [0.717, 1.165) is 53.5 Å². The summed E-state index contributed by atoms with van der Waals surface area (Å²) in [6.45, 7) is 3.93. The number of ether oxygens (including phenoxy) is 1. The fraction of sp³-hybridized carbons (Fsp3) is 0.407. The van der Waals surface area contributed by atoms with Gasteiger partial charge in [-0.2, -0.15) is 10.2 Å². The Morgan fingerprint density at radius 1 is 0.886 bits per heavy atom. The molecule has 3 aromatic heterocycles. The van der Waals surface area contributed by atoms with E-state index in [4.69, 9.17) is 4.74 Å². The first kappa shape index (κ1) is 23.4. The van der Waals surface area contributed by atoms with Crippen LogP contribution in [0.3, 0.4) is 0 Å². The zero-order valence-electron chi connectivity index (χ0n) is 20.5. The van der Waals surface area contributed by atoms with Crippen molar-refractivity contribution in [2.75, 3.05) is 6.61 Å². The highest BCUT2D eigenvalue weighted by Gasteiger charge is 2.25. The van der Waals surface area contributed by atoms with E-state index in [1.165, 1.54) is 0 Å². The van der Waals surface area contributed by atoms with Crippen molar-refractivity contribution in [3.05, 3.63) is 61.4 Å². The first-order valence-corrected chi connectivity index (χ1v) is 12.1. The van der Waals surface area contributed by atoms with Gasteiger partial charge in [-0.25, -0.2) is 9.97 Å². The second kappa shape index (κ2) is 9.71. The summed E-state index contributed by atoms with van der Waals surface area (Å²) in [6.07, 6.45) is 15.8. The minimum Gasteiger partial charge on any atom is -0.388 e. The van der Waals surface area contributed by atoms with E-state index >= 15 is 0 Å². The van der Waals surface area contributed by atoms with Crippen LogP contribution in [0.1, 0.15) is 45.6 Å². The minimum absolute atomic E-state index is 0.213. The number of nitrogens with zero attached hydrogens (tertiary/aromatic N) is 6. The maximum atomic E-state index is 9.88. The molecule has 1 fully saturated rings. The first-order valence-electron chi connectivity index (χ1n) is 12.1. The Labute approximate surface area is 205 Å². The average molecular weight is 473 g/mol. The highest BCUT2D eigenvalue weighted by molar-refractivity contribution is 5.70. The van der Waals surface area contributed by atoms with E-state index in [1.54, 1.807) is 18.5 Å². The molecule has 0 aliphatic heterocycles. The molecule has 0 atom stereocenters. The van der Waals surface area contributed by atoms with Crippen LogP contribution in [-0.2, 0) is 11.8 Å². The van der Waals surface area contributed by atoms with Crippen LogP contribution in [0.4, 0.5) is 0 Å². The molecule has 3 heterocycles. The quantitative estimate of drug-likeness (QED) is 0.420. The molecule has 182 valence electrons. The molecule has 0 bridgehead atoms. The summed E-state index contributed by atoms with van der Waals surface area (Å²) in [5, 5.41) is 18.8. The Morgan fingerprint density at radius 2 is 1.57 bits per heavy atom. The number of aryl methyl sites for hydroxylation is 1. The van der Waals surface area contributed by atoms with E-state index < -0.39 is 5.60 Å². The van der Waals surface area contributed by atoms with Crippen LogP contribution < -0.4 is 0 Å². The minimum atomic E-state index is -0.784. The van der Waals surface area contributed by atoms with Crippen molar-refractivity contribution in [1.29, 1.82) is 0 Å². The van der Waals surface area contributed by atoms with E-state index in [9.17, 15) is 5.11 Å². The maximum Gasteiger partial charge on any atom is 0.159 e. The van der Waals surface area contributed by atoms with Gasteiger partial charge >= 0.3 is 0 Å². The van der Waals surface area contributed by atoms with Crippen molar-refractivity contribution < 1.29 is 9.84 Å². The van der Waals surface area contributed by atoms with Gasteiger partial charge in [0.05, 0.1) is 36.7 Å². The van der Waals surface area contributed by atoms with Gasteiger partial charge in [-0.05, 0) is 51.2 Å². The lowest BCUT2D eigenvalue weighted by Crippen LogP contribution is -2.31. The normalized spacial score (nSPS) is 18.6. The molecule has 8 heteroatoms. The van der Waals surface area contributed by atoms with Crippen molar-refractivity contribution in [2.24, 2.45) is 7.05 Å². The van der Waals surface area contributed by atoms with Crippen molar-refractivity contribution in [3.63, 3.8) is 0 Å². The highest BCUT2D eigenvalue weighted by atomic mass is 16.5. The van der Waals surface area contributed by atoms with Gasteiger partial charge in [-0.15, -0.1) is 0 Å². The van der Waals surface area contributed by atoms with Crippen LogP contribution in [-0.4, -0.2) is 52.9 Å². The number of aliphatic hydroxyl groups is 1. The lowest BCUT2D eigenvalue weighted by molar-refractivity contribution is -0.0657. The molecule has 0 amide bonds. The van der Waals surface area contributed by atoms with Gasteiger partial charge in [0.25, 0.3) is 0 Å². The SMILES string of the molecule is Cn1cc(-c2cccc(-c3ncc(-c4cnn([C@H]5CC[C@H](OCC(C)(C)O)CC5)c4)cn3)c2)cn1. The third-order valence-corrected chi connectivity index (χ3v) is 6.44. The molecule has 5 rings (SSSR count). The number of benzene rings is 1. The lowest BCUT2D eigenvalue weighted by atomic mass is 9.93. The largest absolute Gasteiger partial charge is 0.388 e. The van der Waals surface area contributed by atoms with Gasteiger partial charge in [0.15, 0.2) is 5.82 Å². The summed E-state index contributed by atoms with van der Waals surface area (Å²) >= 11 is 0. The summed E-state index contributed by atoms with van der Waals surface area (Å²) in [6, 6.07) is 8.56. The molecule has 1 aliphatic rings. The summed E-state index contributed by atoms with van der Waals surface area (Å²) < 4.78 is 9.75. The molecule has 4 aromatic rings. The van der Waals surface area contributed by atoms with Crippen LogP contribution >= 0.6 is 0 Å². The fourth-order valence-corrected chi connectivity index (χ4v) is 4.52. The molecule has 0 radical (unpaired) electrons. The molecule has 0 saturated heterocycles. The molecule has 0 unspecified atom stereocenters. The third-order valence-electron chi connectivity index (χ3n) is 6.44. The number of hydrogen-bond donors (Lipinski definition) is 1. The monoisotopic (exact) mass is 472 g/mol. The van der Waals surface area contributed by atoms with E-state index in [-0.39, 0.29) is 6.10 Å². The Morgan fingerprint density at radius 3 is 2.26 bits per heavy atom. The Kier molecular flexibility index (Phi) is 6.49. The Balaban J connectivity index is 1.23. The van der Waals surface area contributed by atoms with Crippen molar-refractivity contribution >= 4 is 0 Å². The van der Waals surface area contributed by atoms with Gasteiger partial charge in [0, 0.05) is 54.1 Å². The molecule has 35 heavy (non-hydrogen) atoms. The second-order valence-corrected chi connectivity index (χ2v) is 10.0. The molecule has 1 N–H and O–H groups in total. The summed E-state index contributed by atoms with van der Waals surface area (Å²) in [5.74, 6) is 0.691. The zero-order valence-corrected chi connectivity index (χ0v) is 20.5. The molecule has 1 saturated carbocycles. The number of aromatic nitrogens is 6. The van der Waals surface area contributed by atoms with Crippen LogP contribution in [0.2, 0.25) is 0 Å². The molecular weight excluding hydrogens is 440 g/mol. The van der Waals surface area contributed by atoms with Gasteiger partial charge in [-0.3, -0.25) is 9.36 Å². The van der Waals surface area contributed by atoms with E-state index in [1.807, 2.05) is 50.2 Å². The zero-order chi connectivity index (χ0) is 24.4. The van der Waals surface area contributed by atoms with E-state index in [0.29, 0.717) is 18.5 Å². The van der Waals surface area contributed by atoms with Crippen molar-refractivity contribution in [1.82, 2.24) is 29.5 Å². The summed E-state index contributed by atoms with van der Waals surface area (Å²) in [5.41, 5.74) is 4.30. The lowest BCUT2D eigenvalue weighted by Gasteiger charge is -2.30.